The summed E-state index contributed by atoms with van der Waals surface area (Å²) in [5, 5.41) is 0. The zero-order valence-corrected chi connectivity index (χ0v) is 8.00. The summed E-state index contributed by atoms with van der Waals surface area (Å²) in [7, 11) is 0. The van der Waals surface area contributed by atoms with E-state index in [1.165, 1.54) is 12.4 Å². The van der Waals surface area contributed by atoms with E-state index in [-0.39, 0.29) is 5.92 Å². The van der Waals surface area contributed by atoms with E-state index >= 15 is 0 Å². The van der Waals surface area contributed by atoms with Crippen molar-refractivity contribution in [2.45, 2.75) is 12.2 Å². The predicted octanol–water partition coefficient (Wildman–Crippen LogP) is 2.12. The molecule has 15 heavy (non-hydrogen) atoms. The Bertz CT molecular complexity index is 351. The number of hydrogen-bond donors (Lipinski definition) is 0. The largest absolute Gasteiger partial charge is 0.482 e. The fourth-order valence-electron chi connectivity index (χ4n) is 1.67. The molecule has 0 radical (unpaired) electrons. The van der Waals surface area contributed by atoms with Gasteiger partial charge >= 0.3 is 6.98 Å². The molecule has 0 N–H and O–H groups in total. The number of hydrogen-bond acceptors (Lipinski definition) is 2. The molecule has 2 heterocycles. The van der Waals surface area contributed by atoms with Gasteiger partial charge in [-0.2, -0.15) is 0 Å². The first-order chi connectivity index (χ1) is 7.06. The third-order valence-corrected chi connectivity index (χ3v) is 2.47. The molecule has 6 heteroatoms. The van der Waals surface area contributed by atoms with Crippen LogP contribution in [0.4, 0.5) is 12.9 Å². The highest BCUT2D eigenvalue weighted by molar-refractivity contribution is 6.57. The molecule has 0 bridgehead atoms. The molecule has 2 rings (SSSR count). The van der Waals surface area contributed by atoms with Crippen LogP contribution in [0.5, 0.6) is 0 Å². The number of rotatable bonds is 3. The van der Waals surface area contributed by atoms with Crippen LogP contribution >= 0.6 is 0 Å². The van der Waals surface area contributed by atoms with Gasteiger partial charge in [0.05, 0.1) is 13.2 Å². The van der Waals surface area contributed by atoms with Crippen LogP contribution in [0.2, 0.25) is 0 Å². The molecule has 0 unspecified atom stereocenters. The van der Waals surface area contributed by atoms with E-state index in [1.54, 1.807) is 6.07 Å². The summed E-state index contributed by atoms with van der Waals surface area (Å²) in [6.45, 7) is -3.76. The molecule has 0 aliphatic carbocycles. The van der Waals surface area contributed by atoms with Crippen LogP contribution in [0, 0.1) is 0 Å². The van der Waals surface area contributed by atoms with E-state index < -0.39 is 13.3 Å². The second-order valence-electron chi connectivity index (χ2n) is 3.72. The lowest BCUT2D eigenvalue weighted by atomic mass is 9.78. The van der Waals surface area contributed by atoms with Crippen molar-refractivity contribution in [1.82, 2.24) is 4.98 Å². The Morgan fingerprint density at radius 1 is 1.40 bits per heavy atom. The monoisotopic (exact) mass is 216 g/mol. The lowest BCUT2D eigenvalue weighted by molar-refractivity contribution is 0.00807. The number of pyridine rings is 1. The first kappa shape index (κ1) is 10.5. The normalized spacial score (nSPS) is 17.5. The van der Waals surface area contributed by atoms with Crippen LogP contribution in [0.1, 0.15) is 17.0 Å². The maximum absolute atomic E-state index is 12.3. The minimum absolute atomic E-state index is 0.112. The predicted molar refractivity (Wildman–Crippen MR) is 50.6 cm³/mol. The second-order valence-corrected chi connectivity index (χ2v) is 3.72. The minimum Gasteiger partial charge on any atom is -0.449 e. The van der Waals surface area contributed by atoms with Gasteiger partial charge in [-0.3, -0.25) is 4.98 Å². The molecule has 0 spiro atoms. The molecule has 0 amide bonds. The zero-order chi connectivity index (χ0) is 10.9. The van der Waals surface area contributed by atoms with Gasteiger partial charge in [0.25, 0.3) is 0 Å². The Labute approximate surface area is 85.5 Å². The Balaban J connectivity index is 2.21. The van der Waals surface area contributed by atoms with Gasteiger partial charge in [-0.15, -0.1) is 0 Å². The minimum atomic E-state index is -4.79. The van der Waals surface area contributed by atoms with E-state index in [0.717, 1.165) is 5.56 Å². The second kappa shape index (κ2) is 3.85. The highest BCUT2D eigenvalue weighted by Crippen LogP contribution is 2.28. The Morgan fingerprint density at radius 3 is 2.67 bits per heavy atom. The third kappa shape index (κ3) is 2.50. The molecule has 1 fully saturated rings. The summed E-state index contributed by atoms with van der Waals surface area (Å²) in [4.78, 5) is 3.74. The van der Waals surface area contributed by atoms with E-state index in [4.69, 9.17) is 4.74 Å². The molecule has 2 nitrogen and oxygen atoms in total. The van der Waals surface area contributed by atoms with Crippen LogP contribution in [-0.4, -0.2) is 25.2 Å². The van der Waals surface area contributed by atoms with Crippen LogP contribution < -0.4 is 0 Å². The molecule has 1 aliphatic rings. The van der Waals surface area contributed by atoms with Gasteiger partial charge in [-0.25, -0.2) is 0 Å². The average Bonchev–Trinajstić information content (AvgIpc) is 2.02. The third-order valence-electron chi connectivity index (χ3n) is 2.47. The van der Waals surface area contributed by atoms with Crippen molar-refractivity contribution in [3.63, 3.8) is 0 Å². The van der Waals surface area contributed by atoms with E-state index in [9.17, 15) is 12.9 Å². The van der Waals surface area contributed by atoms with Gasteiger partial charge in [0.15, 0.2) is 0 Å². The fourth-order valence-corrected chi connectivity index (χ4v) is 1.67. The quantitative estimate of drug-likeness (QED) is 0.722. The van der Waals surface area contributed by atoms with Crippen molar-refractivity contribution in [1.29, 1.82) is 0 Å². The summed E-state index contributed by atoms with van der Waals surface area (Å²) in [5.74, 6) is 0.112. The SMILES string of the molecule is F[B-](F)(F)Cc1cnccc1C1COC1. The van der Waals surface area contributed by atoms with Crippen molar-refractivity contribution in [3.8, 4) is 0 Å². The summed E-state index contributed by atoms with van der Waals surface area (Å²) in [6, 6.07) is 1.66. The van der Waals surface area contributed by atoms with Gasteiger partial charge < -0.3 is 17.7 Å². The van der Waals surface area contributed by atoms with Crippen LogP contribution in [0.3, 0.4) is 0 Å². The molecule has 1 saturated heterocycles. The molecular weight excluding hydrogens is 206 g/mol. The molecule has 0 aromatic carbocycles. The molecule has 1 aromatic heterocycles. The average molecular weight is 216 g/mol. The standard InChI is InChI=1S/C9H10BF3NO/c11-10(12,13)3-7-4-14-2-1-9(7)8-5-15-6-8/h1-2,4,8H,3,5-6H2/q-1. The molecule has 0 atom stereocenters. The number of ether oxygens (including phenoxy) is 1. The summed E-state index contributed by atoms with van der Waals surface area (Å²) in [6.07, 6.45) is 1.99. The van der Waals surface area contributed by atoms with E-state index in [1.807, 2.05) is 0 Å². The lowest BCUT2D eigenvalue weighted by Gasteiger charge is -2.29. The van der Waals surface area contributed by atoms with Gasteiger partial charge in [0, 0.05) is 18.3 Å². The van der Waals surface area contributed by atoms with Crippen LogP contribution in [0.25, 0.3) is 0 Å². The number of halogens is 3. The van der Waals surface area contributed by atoms with Crippen molar-refractivity contribution < 1.29 is 17.7 Å². The number of nitrogens with zero attached hydrogens (tertiary/aromatic N) is 1. The summed E-state index contributed by atoms with van der Waals surface area (Å²) >= 11 is 0. The summed E-state index contributed by atoms with van der Waals surface area (Å²) < 4.78 is 41.9. The molecular formula is C9H10BF3NO-. The van der Waals surface area contributed by atoms with Gasteiger partial charge in [-0.05, 0) is 11.6 Å². The van der Waals surface area contributed by atoms with Crippen molar-refractivity contribution in [3.05, 3.63) is 29.6 Å². The maximum atomic E-state index is 12.3. The van der Waals surface area contributed by atoms with Crippen LogP contribution in [-0.2, 0) is 11.1 Å². The highest BCUT2D eigenvalue weighted by Gasteiger charge is 2.28. The molecule has 0 saturated carbocycles. The highest BCUT2D eigenvalue weighted by atomic mass is 19.4. The van der Waals surface area contributed by atoms with E-state index in [2.05, 4.69) is 4.98 Å². The fraction of sp³-hybridized carbons (Fsp3) is 0.444. The van der Waals surface area contributed by atoms with Crippen molar-refractivity contribution >= 4 is 6.98 Å². The lowest BCUT2D eigenvalue weighted by Crippen LogP contribution is -2.28. The molecule has 1 aromatic rings. The van der Waals surface area contributed by atoms with Crippen molar-refractivity contribution in [2.24, 2.45) is 0 Å². The Hall–Kier alpha value is -1.04. The first-order valence-electron chi connectivity index (χ1n) is 4.78. The topological polar surface area (TPSA) is 22.1 Å². The Morgan fingerprint density at radius 2 is 2.13 bits per heavy atom. The first-order valence-corrected chi connectivity index (χ1v) is 4.78. The number of aromatic nitrogens is 1. The summed E-state index contributed by atoms with van der Waals surface area (Å²) in [5.41, 5.74) is 1.02. The molecule has 82 valence electrons. The van der Waals surface area contributed by atoms with Gasteiger partial charge in [0.2, 0.25) is 0 Å². The van der Waals surface area contributed by atoms with Crippen LogP contribution in [0.15, 0.2) is 18.5 Å². The Kier molecular flexibility index (Phi) is 2.69. The zero-order valence-electron chi connectivity index (χ0n) is 8.00. The van der Waals surface area contributed by atoms with E-state index in [0.29, 0.717) is 18.8 Å². The van der Waals surface area contributed by atoms with Gasteiger partial charge in [0.1, 0.15) is 0 Å². The van der Waals surface area contributed by atoms with Gasteiger partial charge in [-0.1, -0.05) is 11.9 Å². The smallest absolute Gasteiger partial charge is 0.449 e. The van der Waals surface area contributed by atoms with Crippen molar-refractivity contribution in [2.75, 3.05) is 13.2 Å². The maximum Gasteiger partial charge on any atom is 0.482 e. The molecule has 1 aliphatic heterocycles.